The second-order valence-corrected chi connectivity index (χ2v) is 6.16. The van der Waals surface area contributed by atoms with Crippen molar-refractivity contribution in [2.24, 2.45) is 0 Å². The van der Waals surface area contributed by atoms with Gasteiger partial charge in [-0.15, -0.1) is 11.8 Å². The molecule has 0 spiro atoms. The lowest BCUT2D eigenvalue weighted by Crippen LogP contribution is -2.12. The summed E-state index contributed by atoms with van der Waals surface area (Å²) >= 11 is 1.43. The number of pyridine rings is 1. The zero-order valence-corrected chi connectivity index (χ0v) is 13.2. The normalized spacial score (nSPS) is 10.7. The maximum atomic E-state index is 13.6. The number of nitrogens with zero attached hydrogens (tertiary/aromatic N) is 1. The van der Waals surface area contributed by atoms with Crippen molar-refractivity contribution >= 4 is 22.5 Å². The molecule has 3 aromatic rings. The lowest BCUT2D eigenvalue weighted by molar-refractivity contribution is 0.629. The Balaban J connectivity index is 2.08. The molecule has 5 heteroatoms. The summed E-state index contributed by atoms with van der Waals surface area (Å²) in [7, 11) is 0. The monoisotopic (exact) mass is 324 g/mol. The maximum absolute atomic E-state index is 13.6. The fraction of sp³-hybridized carbons (Fsp3) is 0.111. The molecule has 1 N–H and O–H groups in total. The Labute approximate surface area is 136 Å². The van der Waals surface area contributed by atoms with Crippen molar-refractivity contribution in [3.05, 3.63) is 75.3 Å². The summed E-state index contributed by atoms with van der Waals surface area (Å²) in [6, 6.07) is 14.0. The average Bonchev–Trinajstić information content (AvgIpc) is 2.54. The highest BCUT2D eigenvalue weighted by molar-refractivity contribution is 7.98. The molecule has 0 unspecified atom stereocenters. The van der Waals surface area contributed by atoms with Gasteiger partial charge in [-0.2, -0.15) is 5.26 Å². The number of aryl methyl sites for hydroxylation is 1. The molecule has 0 amide bonds. The Morgan fingerprint density at radius 2 is 2.00 bits per heavy atom. The summed E-state index contributed by atoms with van der Waals surface area (Å²) in [6.45, 7) is 2.02. The fourth-order valence-corrected chi connectivity index (χ4v) is 3.54. The van der Waals surface area contributed by atoms with Crippen molar-refractivity contribution < 1.29 is 4.39 Å². The Morgan fingerprint density at radius 3 is 2.74 bits per heavy atom. The van der Waals surface area contributed by atoms with Gasteiger partial charge in [0.2, 0.25) is 0 Å². The van der Waals surface area contributed by atoms with Crippen LogP contribution in [0.15, 0.2) is 52.3 Å². The molecule has 3 nitrogen and oxygen atoms in total. The van der Waals surface area contributed by atoms with E-state index < -0.39 is 11.4 Å². The number of nitriles is 1. The molecule has 1 heterocycles. The molecule has 0 bridgehead atoms. The topological polar surface area (TPSA) is 56.6 Å². The third-order valence-electron chi connectivity index (χ3n) is 3.69. The van der Waals surface area contributed by atoms with E-state index in [9.17, 15) is 9.18 Å². The number of aromatic nitrogens is 1. The first kappa shape index (κ1) is 15.3. The van der Waals surface area contributed by atoms with Crippen LogP contribution >= 0.6 is 11.8 Å². The van der Waals surface area contributed by atoms with Gasteiger partial charge in [0.25, 0.3) is 5.56 Å². The Morgan fingerprint density at radius 1 is 1.22 bits per heavy atom. The van der Waals surface area contributed by atoms with Gasteiger partial charge in [0.1, 0.15) is 17.4 Å². The third-order valence-corrected chi connectivity index (χ3v) is 4.76. The number of rotatable bonds is 3. The number of halogens is 1. The van der Waals surface area contributed by atoms with Gasteiger partial charge < -0.3 is 4.98 Å². The summed E-state index contributed by atoms with van der Waals surface area (Å²) < 4.78 is 13.6. The molecule has 0 saturated heterocycles. The standard InChI is InChI=1S/C18H13FN2OS/c1-11-4-2-3-5-12(11)10-23-18-15-8-13(19)6-7-14(15)16(9-20)17(22)21-18/h2-8H,10H2,1H3,(H,21,22). The predicted octanol–water partition coefficient (Wildman–Crippen LogP) is 4.14. The van der Waals surface area contributed by atoms with Crippen LogP contribution in [0.25, 0.3) is 10.8 Å². The van der Waals surface area contributed by atoms with Gasteiger partial charge in [0.05, 0.1) is 5.03 Å². The summed E-state index contributed by atoms with van der Waals surface area (Å²) in [5.74, 6) is 0.256. The second kappa shape index (κ2) is 6.27. The molecule has 3 rings (SSSR count). The van der Waals surface area contributed by atoms with E-state index in [2.05, 4.69) is 4.98 Å². The first-order valence-electron chi connectivity index (χ1n) is 7.03. The van der Waals surface area contributed by atoms with Crippen LogP contribution in [0.2, 0.25) is 0 Å². The predicted molar refractivity (Wildman–Crippen MR) is 90.0 cm³/mol. The summed E-state index contributed by atoms with van der Waals surface area (Å²) in [6.07, 6.45) is 0. The lowest BCUT2D eigenvalue weighted by atomic mass is 10.1. The van der Waals surface area contributed by atoms with Gasteiger partial charge in [-0.1, -0.05) is 24.3 Å². The summed E-state index contributed by atoms with van der Waals surface area (Å²) in [5, 5.41) is 10.8. The van der Waals surface area contributed by atoms with E-state index in [-0.39, 0.29) is 5.56 Å². The number of thioether (sulfide) groups is 1. The average molecular weight is 324 g/mol. The summed E-state index contributed by atoms with van der Waals surface area (Å²) in [4.78, 5) is 14.8. The Bertz CT molecular complexity index is 988. The van der Waals surface area contributed by atoms with E-state index in [1.54, 1.807) is 0 Å². The highest BCUT2D eigenvalue weighted by Gasteiger charge is 2.12. The van der Waals surface area contributed by atoms with Crippen LogP contribution in [0, 0.1) is 24.1 Å². The van der Waals surface area contributed by atoms with Crippen molar-refractivity contribution in [2.45, 2.75) is 17.7 Å². The fourth-order valence-electron chi connectivity index (χ4n) is 2.42. The van der Waals surface area contributed by atoms with Crippen molar-refractivity contribution in [3.63, 3.8) is 0 Å². The number of nitrogens with one attached hydrogen (secondary N) is 1. The van der Waals surface area contributed by atoms with Gasteiger partial charge in [-0.3, -0.25) is 4.79 Å². The van der Waals surface area contributed by atoms with E-state index in [1.165, 1.54) is 30.0 Å². The summed E-state index contributed by atoms with van der Waals surface area (Å²) in [5.41, 5.74) is 1.87. The van der Waals surface area contributed by atoms with Crippen LogP contribution in [-0.2, 0) is 5.75 Å². The van der Waals surface area contributed by atoms with Crippen molar-refractivity contribution in [3.8, 4) is 6.07 Å². The Hall–Kier alpha value is -2.58. The van der Waals surface area contributed by atoms with Gasteiger partial charge in [-0.05, 0) is 36.2 Å². The Kier molecular flexibility index (Phi) is 4.18. The van der Waals surface area contributed by atoms with Gasteiger partial charge in [0.15, 0.2) is 0 Å². The van der Waals surface area contributed by atoms with Gasteiger partial charge in [-0.25, -0.2) is 4.39 Å². The number of hydrogen-bond acceptors (Lipinski definition) is 3. The molecule has 2 aromatic carbocycles. The van der Waals surface area contributed by atoms with E-state index >= 15 is 0 Å². The molecule has 0 radical (unpaired) electrons. The third kappa shape index (κ3) is 2.99. The molecular formula is C18H13FN2OS. The van der Waals surface area contributed by atoms with Crippen molar-refractivity contribution in [1.82, 2.24) is 4.98 Å². The van der Waals surface area contributed by atoms with E-state index in [0.717, 1.165) is 11.1 Å². The number of H-pyrrole nitrogens is 1. The molecular weight excluding hydrogens is 311 g/mol. The molecule has 0 fully saturated rings. The van der Waals surface area contributed by atoms with Crippen LogP contribution in [-0.4, -0.2) is 4.98 Å². The largest absolute Gasteiger partial charge is 0.315 e. The molecule has 0 atom stereocenters. The van der Waals surface area contributed by atoms with Crippen LogP contribution in [0.5, 0.6) is 0 Å². The number of fused-ring (bicyclic) bond motifs is 1. The molecule has 0 aliphatic rings. The quantitative estimate of drug-likeness (QED) is 0.737. The molecule has 0 saturated carbocycles. The highest BCUT2D eigenvalue weighted by atomic mass is 32.2. The second-order valence-electron chi connectivity index (χ2n) is 5.18. The van der Waals surface area contributed by atoms with Crippen LogP contribution in [0.3, 0.4) is 0 Å². The molecule has 0 aliphatic carbocycles. The van der Waals surface area contributed by atoms with E-state index in [0.29, 0.717) is 21.6 Å². The first-order chi connectivity index (χ1) is 11.1. The molecule has 23 heavy (non-hydrogen) atoms. The maximum Gasteiger partial charge on any atom is 0.267 e. The zero-order valence-electron chi connectivity index (χ0n) is 12.4. The minimum Gasteiger partial charge on any atom is -0.315 e. The van der Waals surface area contributed by atoms with Gasteiger partial charge in [0, 0.05) is 16.5 Å². The minimum atomic E-state index is -0.445. The number of aromatic amines is 1. The lowest BCUT2D eigenvalue weighted by Gasteiger charge is -2.09. The SMILES string of the molecule is Cc1ccccc1CSc1[nH]c(=O)c(C#N)c2ccc(F)cc12. The number of hydrogen-bond donors (Lipinski definition) is 1. The smallest absolute Gasteiger partial charge is 0.267 e. The van der Waals surface area contributed by atoms with Crippen molar-refractivity contribution in [2.75, 3.05) is 0 Å². The molecule has 1 aromatic heterocycles. The van der Waals surface area contributed by atoms with E-state index in [4.69, 9.17) is 5.26 Å². The molecule has 0 aliphatic heterocycles. The highest BCUT2D eigenvalue weighted by Crippen LogP contribution is 2.30. The number of benzene rings is 2. The van der Waals surface area contributed by atoms with Crippen LogP contribution < -0.4 is 5.56 Å². The van der Waals surface area contributed by atoms with Crippen LogP contribution in [0.1, 0.15) is 16.7 Å². The van der Waals surface area contributed by atoms with E-state index in [1.807, 2.05) is 37.3 Å². The van der Waals surface area contributed by atoms with Gasteiger partial charge >= 0.3 is 0 Å². The van der Waals surface area contributed by atoms with Crippen LogP contribution in [0.4, 0.5) is 4.39 Å². The molecule has 114 valence electrons. The minimum absolute atomic E-state index is 0.0141. The zero-order chi connectivity index (χ0) is 16.4. The first-order valence-corrected chi connectivity index (χ1v) is 8.01. The van der Waals surface area contributed by atoms with Crippen molar-refractivity contribution in [1.29, 1.82) is 5.26 Å².